The van der Waals surface area contributed by atoms with E-state index < -0.39 is 12.7 Å². The summed E-state index contributed by atoms with van der Waals surface area (Å²) >= 11 is 0. The van der Waals surface area contributed by atoms with Gasteiger partial charge in [0.25, 0.3) is 0 Å². The van der Waals surface area contributed by atoms with E-state index in [1.165, 1.54) is 17.0 Å². The second-order valence-corrected chi connectivity index (χ2v) is 4.63. The van der Waals surface area contributed by atoms with Crippen LogP contribution in [0.3, 0.4) is 0 Å². The fourth-order valence-electron chi connectivity index (χ4n) is 2.36. The lowest BCUT2D eigenvalue weighted by Crippen LogP contribution is -2.34. The lowest BCUT2D eigenvalue weighted by atomic mass is 9.95. The molecule has 0 unspecified atom stereocenters. The van der Waals surface area contributed by atoms with Crippen molar-refractivity contribution in [2.45, 2.75) is 18.1 Å². The van der Waals surface area contributed by atoms with Gasteiger partial charge in [-0.1, -0.05) is 12.1 Å². The Bertz CT molecular complexity index is 402. The second kappa shape index (κ2) is 4.85. The molecule has 18 heavy (non-hydrogen) atoms. The number of benzene rings is 1. The van der Waals surface area contributed by atoms with Crippen LogP contribution in [0.15, 0.2) is 24.3 Å². The Balaban J connectivity index is 2.05. The molecule has 2 N–H and O–H groups in total. The summed E-state index contributed by atoms with van der Waals surface area (Å²) in [5.74, 6) is -0.537. The normalized spacial score (nSPS) is 25.6. The zero-order chi connectivity index (χ0) is 13.3. The smallest absolute Gasteiger partial charge is 0.326 e. The summed E-state index contributed by atoms with van der Waals surface area (Å²) in [4.78, 5) is 1.29. The summed E-state index contributed by atoms with van der Waals surface area (Å²) in [7, 11) is 0. The molecule has 2 atom stereocenters. The Kier molecular flexibility index (Phi) is 3.59. The molecule has 0 spiro atoms. The van der Waals surface area contributed by atoms with Crippen molar-refractivity contribution in [3.63, 3.8) is 0 Å². The fraction of sp³-hybridized carbons (Fsp3) is 0.500. The highest BCUT2D eigenvalue weighted by molar-refractivity contribution is 5.24. The maximum Gasteiger partial charge on any atom is 0.401 e. The summed E-state index contributed by atoms with van der Waals surface area (Å²) in [6.45, 7) is -0.480. The maximum atomic E-state index is 12.8. The molecule has 1 aliphatic heterocycles. The van der Waals surface area contributed by atoms with Crippen LogP contribution in [0.1, 0.15) is 11.5 Å². The van der Waals surface area contributed by atoms with Crippen molar-refractivity contribution >= 4 is 0 Å². The molecule has 1 aromatic carbocycles. The lowest BCUT2D eigenvalue weighted by molar-refractivity contribution is -0.143. The molecule has 0 radical (unpaired) electrons. The first-order valence-corrected chi connectivity index (χ1v) is 5.65. The van der Waals surface area contributed by atoms with E-state index in [1.807, 2.05) is 0 Å². The second-order valence-electron chi connectivity index (χ2n) is 4.63. The molecule has 2 rings (SSSR count). The molecule has 1 aliphatic rings. The van der Waals surface area contributed by atoms with E-state index in [9.17, 15) is 17.6 Å². The molecule has 1 aromatic rings. The Hall–Kier alpha value is -1.14. The van der Waals surface area contributed by atoms with Gasteiger partial charge >= 0.3 is 6.18 Å². The predicted octanol–water partition coefficient (Wildman–Crippen LogP) is 2.11. The molecule has 1 saturated heterocycles. The summed E-state index contributed by atoms with van der Waals surface area (Å²) in [5.41, 5.74) is 6.64. The third-order valence-corrected chi connectivity index (χ3v) is 3.14. The minimum atomic E-state index is -4.21. The number of halogens is 4. The maximum absolute atomic E-state index is 12.8. The van der Waals surface area contributed by atoms with E-state index in [2.05, 4.69) is 0 Å². The van der Waals surface area contributed by atoms with Crippen molar-refractivity contribution in [1.29, 1.82) is 0 Å². The first-order valence-electron chi connectivity index (χ1n) is 5.65. The van der Waals surface area contributed by atoms with Crippen molar-refractivity contribution in [2.24, 2.45) is 5.73 Å². The molecule has 0 aromatic heterocycles. The van der Waals surface area contributed by atoms with E-state index in [1.54, 1.807) is 12.1 Å². The summed E-state index contributed by atoms with van der Waals surface area (Å²) < 4.78 is 49.6. The molecule has 0 bridgehead atoms. The minimum absolute atomic E-state index is 0.173. The number of nitrogens with two attached hydrogens (primary N) is 1. The molecule has 0 saturated carbocycles. The molecular formula is C12H14F4N2. The number of likely N-dealkylation sites (tertiary alicyclic amines) is 1. The summed E-state index contributed by atoms with van der Waals surface area (Å²) in [6.07, 6.45) is -4.21. The molecule has 6 heteroatoms. The standard InChI is InChI=1S/C12H14F4N2/c13-9-3-1-8(2-4-9)10-5-18(6-11(10)17)7-12(14,15)16/h1-4,10-11H,5-7,17H2/t10-,11+/m0/s1. The average Bonchev–Trinajstić information content (AvgIpc) is 2.58. The molecule has 100 valence electrons. The predicted molar refractivity (Wildman–Crippen MR) is 59.6 cm³/mol. The molecule has 1 fully saturated rings. The Morgan fingerprint density at radius 1 is 1.17 bits per heavy atom. The highest BCUT2D eigenvalue weighted by Crippen LogP contribution is 2.29. The van der Waals surface area contributed by atoms with E-state index in [-0.39, 0.29) is 30.9 Å². The van der Waals surface area contributed by atoms with Crippen LogP contribution >= 0.6 is 0 Å². The van der Waals surface area contributed by atoms with Gasteiger partial charge in [0.15, 0.2) is 0 Å². The van der Waals surface area contributed by atoms with Gasteiger partial charge in [0.1, 0.15) is 5.82 Å². The highest BCUT2D eigenvalue weighted by atomic mass is 19.4. The van der Waals surface area contributed by atoms with Gasteiger partial charge in [0, 0.05) is 25.0 Å². The van der Waals surface area contributed by atoms with Crippen LogP contribution < -0.4 is 5.73 Å². The largest absolute Gasteiger partial charge is 0.401 e. The number of rotatable bonds is 2. The van der Waals surface area contributed by atoms with Crippen molar-refractivity contribution in [3.8, 4) is 0 Å². The van der Waals surface area contributed by atoms with E-state index in [4.69, 9.17) is 5.73 Å². The van der Waals surface area contributed by atoms with Gasteiger partial charge in [-0.2, -0.15) is 13.2 Å². The van der Waals surface area contributed by atoms with Crippen LogP contribution in [-0.4, -0.2) is 36.8 Å². The van der Waals surface area contributed by atoms with Crippen LogP contribution in [0.2, 0.25) is 0 Å². The number of hydrogen-bond acceptors (Lipinski definition) is 2. The lowest BCUT2D eigenvalue weighted by Gasteiger charge is -2.17. The quantitative estimate of drug-likeness (QED) is 0.827. The SMILES string of the molecule is N[C@@H]1CN(CC(F)(F)F)C[C@H]1c1ccc(F)cc1. The van der Waals surface area contributed by atoms with Gasteiger partial charge in [-0.15, -0.1) is 0 Å². The van der Waals surface area contributed by atoms with Crippen LogP contribution in [-0.2, 0) is 0 Å². The Labute approximate surface area is 102 Å². The average molecular weight is 262 g/mol. The fourth-order valence-corrected chi connectivity index (χ4v) is 2.36. The van der Waals surface area contributed by atoms with Gasteiger partial charge < -0.3 is 5.73 Å². The first-order chi connectivity index (χ1) is 8.35. The number of alkyl halides is 3. The number of hydrogen-bond donors (Lipinski definition) is 1. The molecule has 0 aliphatic carbocycles. The summed E-state index contributed by atoms with van der Waals surface area (Å²) in [6, 6.07) is 5.41. The van der Waals surface area contributed by atoms with Crippen molar-refractivity contribution in [3.05, 3.63) is 35.6 Å². The summed E-state index contributed by atoms with van der Waals surface area (Å²) in [5, 5.41) is 0. The molecule has 2 nitrogen and oxygen atoms in total. The zero-order valence-electron chi connectivity index (χ0n) is 9.62. The van der Waals surface area contributed by atoms with E-state index in [0.717, 1.165) is 5.56 Å². The molecule has 1 heterocycles. The van der Waals surface area contributed by atoms with Crippen molar-refractivity contribution in [1.82, 2.24) is 4.90 Å². The van der Waals surface area contributed by atoms with Gasteiger partial charge in [-0.25, -0.2) is 4.39 Å². The van der Waals surface area contributed by atoms with Gasteiger partial charge in [0.05, 0.1) is 6.54 Å². The monoisotopic (exact) mass is 262 g/mol. The Morgan fingerprint density at radius 3 is 2.33 bits per heavy atom. The van der Waals surface area contributed by atoms with E-state index in [0.29, 0.717) is 0 Å². The van der Waals surface area contributed by atoms with Crippen LogP contribution in [0.5, 0.6) is 0 Å². The third-order valence-electron chi connectivity index (χ3n) is 3.14. The van der Waals surface area contributed by atoms with Gasteiger partial charge in [0.2, 0.25) is 0 Å². The van der Waals surface area contributed by atoms with Crippen molar-refractivity contribution in [2.75, 3.05) is 19.6 Å². The van der Waals surface area contributed by atoms with Gasteiger partial charge in [-0.3, -0.25) is 4.90 Å². The zero-order valence-corrected chi connectivity index (χ0v) is 9.62. The van der Waals surface area contributed by atoms with Gasteiger partial charge in [-0.05, 0) is 17.7 Å². The molecule has 0 amide bonds. The van der Waals surface area contributed by atoms with Crippen molar-refractivity contribution < 1.29 is 17.6 Å². The van der Waals surface area contributed by atoms with E-state index >= 15 is 0 Å². The highest BCUT2D eigenvalue weighted by Gasteiger charge is 2.38. The number of nitrogens with zero attached hydrogens (tertiary/aromatic N) is 1. The van der Waals surface area contributed by atoms with Crippen LogP contribution in [0.4, 0.5) is 17.6 Å². The Morgan fingerprint density at radius 2 is 1.78 bits per heavy atom. The first kappa shape index (κ1) is 13.3. The van der Waals surface area contributed by atoms with Crippen LogP contribution in [0, 0.1) is 5.82 Å². The third kappa shape index (κ3) is 3.20. The van der Waals surface area contributed by atoms with Crippen LogP contribution in [0.25, 0.3) is 0 Å². The minimum Gasteiger partial charge on any atom is -0.326 e. The molecular weight excluding hydrogens is 248 g/mol. The topological polar surface area (TPSA) is 29.3 Å².